The third kappa shape index (κ3) is 6.74. The Morgan fingerprint density at radius 1 is 1.32 bits per heavy atom. The summed E-state index contributed by atoms with van der Waals surface area (Å²) in [5, 5.41) is 9.13. The summed E-state index contributed by atoms with van der Waals surface area (Å²) < 4.78 is 10.5. The summed E-state index contributed by atoms with van der Waals surface area (Å²) in [6.07, 6.45) is 3.69. The van der Waals surface area contributed by atoms with Crippen molar-refractivity contribution in [2.24, 2.45) is 0 Å². The molecule has 1 aromatic carbocycles. The zero-order valence-corrected chi connectivity index (χ0v) is 11.3. The third-order valence-corrected chi connectivity index (χ3v) is 2.37. The van der Waals surface area contributed by atoms with E-state index in [1.165, 1.54) is 6.08 Å². The molecule has 0 fully saturated rings. The standard InChI is InChI=1S/C15H20O4/c1-3-10-18-12(2)19-11-15(17)9-6-13-4-7-14(16)8-5-13/h4-9,12,16H,3,10-11H2,1-2H3/b9-6+. The van der Waals surface area contributed by atoms with Gasteiger partial charge in [-0.3, -0.25) is 4.79 Å². The first-order chi connectivity index (χ1) is 9.11. The number of hydrogen-bond donors (Lipinski definition) is 1. The molecule has 0 spiro atoms. The molecule has 0 aliphatic rings. The number of ether oxygens (including phenoxy) is 2. The van der Waals surface area contributed by atoms with E-state index in [2.05, 4.69) is 0 Å². The molecule has 4 heteroatoms. The van der Waals surface area contributed by atoms with E-state index >= 15 is 0 Å². The molecule has 0 aromatic heterocycles. The van der Waals surface area contributed by atoms with Crippen molar-refractivity contribution >= 4 is 11.9 Å². The number of carbonyl (C=O) groups excluding carboxylic acids is 1. The Balaban J connectivity index is 2.32. The van der Waals surface area contributed by atoms with Crippen molar-refractivity contribution in [1.29, 1.82) is 0 Å². The normalized spacial score (nSPS) is 12.7. The zero-order chi connectivity index (χ0) is 14.1. The molecule has 0 saturated heterocycles. The highest BCUT2D eigenvalue weighted by molar-refractivity contribution is 5.94. The molecule has 1 atom stereocenters. The molecular weight excluding hydrogens is 244 g/mol. The van der Waals surface area contributed by atoms with Crippen molar-refractivity contribution in [3.63, 3.8) is 0 Å². The lowest BCUT2D eigenvalue weighted by molar-refractivity contribution is -0.146. The van der Waals surface area contributed by atoms with E-state index < -0.39 is 0 Å². The Labute approximate surface area is 113 Å². The molecule has 0 bridgehead atoms. The van der Waals surface area contributed by atoms with Crippen molar-refractivity contribution in [1.82, 2.24) is 0 Å². The highest BCUT2D eigenvalue weighted by atomic mass is 16.7. The number of phenolic OH excluding ortho intramolecular Hbond substituents is 1. The number of phenols is 1. The van der Waals surface area contributed by atoms with Gasteiger partial charge in [-0.2, -0.15) is 0 Å². The van der Waals surface area contributed by atoms with E-state index in [9.17, 15) is 4.79 Å². The van der Waals surface area contributed by atoms with Crippen LogP contribution >= 0.6 is 0 Å². The van der Waals surface area contributed by atoms with Crippen molar-refractivity contribution in [3.05, 3.63) is 35.9 Å². The van der Waals surface area contributed by atoms with Crippen molar-refractivity contribution in [2.45, 2.75) is 26.6 Å². The van der Waals surface area contributed by atoms with E-state index in [1.807, 2.05) is 6.92 Å². The predicted octanol–water partition coefficient (Wildman–Crippen LogP) is 2.76. The maximum atomic E-state index is 11.5. The van der Waals surface area contributed by atoms with E-state index in [0.29, 0.717) is 6.61 Å². The number of carbonyl (C=O) groups is 1. The van der Waals surface area contributed by atoms with Crippen LogP contribution in [0.25, 0.3) is 6.08 Å². The largest absolute Gasteiger partial charge is 0.508 e. The summed E-state index contributed by atoms with van der Waals surface area (Å²) >= 11 is 0. The van der Waals surface area contributed by atoms with Crippen LogP contribution in [-0.4, -0.2) is 30.4 Å². The van der Waals surface area contributed by atoms with Crippen LogP contribution in [0.5, 0.6) is 5.75 Å². The topological polar surface area (TPSA) is 55.8 Å². The average Bonchev–Trinajstić information content (AvgIpc) is 2.42. The summed E-state index contributed by atoms with van der Waals surface area (Å²) in [7, 11) is 0. The summed E-state index contributed by atoms with van der Waals surface area (Å²) in [5.41, 5.74) is 0.849. The van der Waals surface area contributed by atoms with Crippen LogP contribution in [-0.2, 0) is 14.3 Å². The molecule has 19 heavy (non-hydrogen) atoms. The second-order valence-corrected chi connectivity index (χ2v) is 4.14. The second kappa shape index (κ2) is 8.45. The van der Waals surface area contributed by atoms with Crippen LogP contribution in [0.4, 0.5) is 0 Å². The molecule has 0 saturated carbocycles. The summed E-state index contributed by atoms with van der Waals surface area (Å²) in [5.74, 6) is 0.0775. The molecule has 0 radical (unpaired) electrons. The van der Waals surface area contributed by atoms with E-state index in [-0.39, 0.29) is 24.4 Å². The SMILES string of the molecule is CCCOC(C)OCC(=O)/C=C/c1ccc(O)cc1. The molecule has 0 aliphatic heterocycles. The van der Waals surface area contributed by atoms with Gasteiger partial charge in [-0.25, -0.2) is 0 Å². The number of hydrogen-bond acceptors (Lipinski definition) is 4. The molecule has 1 unspecified atom stereocenters. The number of ketones is 1. The lowest BCUT2D eigenvalue weighted by Crippen LogP contribution is -2.17. The molecule has 1 aromatic rings. The quantitative estimate of drug-likeness (QED) is 0.579. The third-order valence-electron chi connectivity index (χ3n) is 2.37. The zero-order valence-electron chi connectivity index (χ0n) is 11.3. The van der Waals surface area contributed by atoms with Crippen molar-refractivity contribution in [2.75, 3.05) is 13.2 Å². The summed E-state index contributed by atoms with van der Waals surface area (Å²) in [6, 6.07) is 6.60. The van der Waals surface area contributed by atoms with Crippen LogP contribution in [0.2, 0.25) is 0 Å². The number of benzene rings is 1. The number of aromatic hydroxyl groups is 1. The molecule has 104 valence electrons. The van der Waals surface area contributed by atoms with E-state index in [0.717, 1.165) is 12.0 Å². The molecule has 1 N–H and O–H groups in total. The van der Waals surface area contributed by atoms with Gasteiger partial charge in [0.05, 0.1) is 0 Å². The van der Waals surface area contributed by atoms with Crippen LogP contribution < -0.4 is 0 Å². The lowest BCUT2D eigenvalue weighted by atomic mass is 10.2. The first-order valence-corrected chi connectivity index (χ1v) is 6.35. The minimum Gasteiger partial charge on any atom is -0.508 e. The van der Waals surface area contributed by atoms with Gasteiger partial charge in [0, 0.05) is 6.61 Å². The molecule has 4 nitrogen and oxygen atoms in total. The molecular formula is C15H20O4. The highest BCUT2D eigenvalue weighted by Gasteiger charge is 2.04. The fourth-order valence-electron chi connectivity index (χ4n) is 1.35. The molecule has 0 aliphatic carbocycles. The first kappa shape index (κ1) is 15.4. The average molecular weight is 264 g/mol. The Kier molecular flexibility index (Phi) is 6.85. The maximum absolute atomic E-state index is 11.5. The highest BCUT2D eigenvalue weighted by Crippen LogP contribution is 2.10. The van der Waals surface area contributed by atoms with Gasteiger partial charge in [0.15, 0.2) is 12.1 Å². The van der Waals surface area contributed by atoms with Gasteiger partial charge in [0.25, 0.3) is 0 Å². The number of rotatable bonds is 8. The van der Waals surface area contributed by atoms with Gasteiger partial charge in [0.1, 0.15) is 12.4 Å². The van der Waals surface area contributed by atoms with Crippen molar-refractivity contribution < 1.29 is 19.4 Å². The van der Waals surface area contributed by atoms with Crippen molar-refractivity contribution in [3.8, 4) is 5.75 Å². The Morgan fingerprint density at radius 3 is 2.63 bits per heavy atom. The van der Waals surface area contributed by atoms with E-state index in [1.54, 1.807) is 37.3 Å². The van der Waals surface area contributed by atoms with Gasteiger partial charge in [0.2, 0.25) is 0 Å². The fourth-order valence-corrected chi connectivity index (χ4v) is 1.35. The minimum atomic E-state index is -0.369. The van der Waals surface area contributed by atoms with Crippen LogP contribution in [0, 0.1) is 0 Å². The predicted molar refractivity (Wildman–Crippen MR) is 73.8 cm³/mol. The second-order valence-electron chi connectivity index (χ2n) is 4.14. The maximum Gasteiger partial charge on any atom is 0.181 e. The Morgan fingerprint density at radius 2 is 2.00 bits per heavy atom. The van der Waals surface area contributed by atoms with Gasteiger partial charge in [-0.15, -0.1) is 0 Å². The van der Waals surface area contributed by atoms with Crippen LogP contribution in [0.15, 0.2) is 30.3 Å². The Bertz CT molecular complexity index is 409. The van der Waals surface area contributed by atoms with Crippen LogP contribution in [0.3, 0.4) is 0 Å². The monoisotopic (exact) mass is 264 g/mol. The first-order valence-electron chi connectivity index (χ1n) is 6.35. The van der Waals surface area contributed by atoms with Gasteiger partial charge < -0.3 is 14.6 Å². The van der Waals surface area contributed by atoms with E-state index in [4.69, 9.17) is 14.6 Å². The lowest BCUT2D eigenvalue weighted by Gasteiger charge is -2.11. The Hall–Kier alpha value is -1.65. The molecule has 0 amide bonds. The smallest absolute Gasteiger partial charge is 0.181 e. The molecule has 0 heterocycles. The summed E-state index contributed by atoms with van der Waals surface area (Å²) in [6.45, 7) is 4.41. The minimum absolute atomic E-state index is 0.000531. The van der Waals surface area contributed by atoms with Gasteiger partial charge >= 0.3 is 0 Å². The summed E-state index contributed by atoms with van der Waals surface area (Å²) in [4.78, 5) is 11.5. The van der Waals surface area contributed by atoms with Crippen LogP contribution in [0.1, 0.15) is 25.8 Å². The fraction of sp³-hybridized carbons (Fsp3) is 0.400. The van der Waals surface area contributed by atoms with Gasteiger partial charge in [-0.1, -0.05) is 25.1 Å². The molecule has 1 rings (SSSR count). The van der Waals surface area contributed by atoms with Gasteiger partial charge in [-0.05, 0) is 37.1 Å².